The molecule has 1 aliphatic rings. The SMILES string of the molecule is CN(C)CCn1c(C2CCCCO2)nc2cccnc21. The van der Waals surface area contributed by atoms with Gasteiger partial charge in [-0.1, -0.05) is 0 Å². The lowest BCUT2D eigenvalue weighted by atomic mass is 10.1. The van der Waals surface area contributed by atoms with Crippen LogP contribution >= 0.6 is 0 Å². The molecule has 5 heteroatoms. The van der Waals surface area contributed by atoms with Gasteiger partial charge >= 0.3 is 0 Å². The van der Waals surface area contributed by atoms with Crippen LogP contribution in [-0.2, 0) is 11.3 Å². The molecule has 0 bridgehead atoms. The molecule has 0 N–H and O–H groups in total. The predicted molar refractivity (Wildman–Crippen MR) is 78.6 cm³/mol. The van der Waals surface area contributed by atoms with Crippen LogP contribution in [0.1, 0.15) is 31.2 Å². The van der Waals surface area contributed by atoms with E-state index in [1.807, 2.05) is 18.3 Å². The van der Waals surface area contributed by atoms with Crippen molar-refractivity contribution < 1.29 is 4.74 Å². The Balaban J connectivity index is 1.97. The number of hydrogen-bond acceptors (Lipinski definition) is 4. The summed E-state index contributed by atoms with van der Waals surface area (Å²) in [6.07, 6.45) is 5.40. The van der Waals surface area contributed by atoms with Crippen molar-refractivity contribution in [3.05, 3.63) is 24.2 Å². The first-order chi connectivity index (χ1) is 9.75. The minimum atomic E-state index is 0.125. The maximum absolute atomic E-state index is 5.92. The molecule has 0 spiro atoms. The average Bonchev–Trinajstić information content (AvgIpc) is 2.84. The van der Waals surface area contributed by atoms with Gasteiger partial charge in [0.1, 0.15) is 17.4 Å². The van der Waals surface area contributed by atoms with Crippen LogP contribution in [0.5, 0.6) is 0 Å². The summed E-state index contributed by atoms with van der Waals surface area (Å²) >= 11 is 0. The fraction of sp³-hybridized carbons (Fsp3) is 0.600. The molecule has 0 saturated carbocycles. The molecule has 108 valence electrons. The third-order valence-corrected chi connectivity index (χ3v) is 3.77. The number of pyridine rings is 1. The van der Waals surface area contributed by atoms with Gasteiger partial charge in [0.25, 0.3) is 0 Å². The lowest BCUT2D eigenvalue weighted by Gasteiger charge is -2.23. The minimum absolute atomic E-state index is 0.125. The summed E-state index contributed by atoms with van der Waals surface area (Å²) in [5.41, 5.74) is 1.94. The average molecular weight is 274 g/mol. The molecule has 1 saturated heterocycles. The van der Waals surface area contributed by atoms with E-state index >= 15 is 0 Å². The second-order valence-corrected chi connectivity index (χ2v) is 5.63. The van der Waals surface area contributed by atoms with E-state index in [-0.39, 0.29) is 6.10 Å². The van der Waals surface area contributed by atoms with Crippen LogP contribution in [0, 0.1) is 0 Å². The van der Waals surface area contributed by atoms with Crippen LogP contribution in [0.15, 0.2) is 18.3 Å². The second-order valence-electron chi connectivity index (χ2n) is 5.63. The van der Waals surface area contributed by atoms with Gasteiger partial charge in [-0.15, -0.1) is 0 Å². The first kappa shape index (κ1) is 13.5. The summed E-state index contributed by atoms with van der Waals surface area (Å²) in [5, 5.41) is 0. The summed E-state index contributed by atoms with van der Waals surface area (Å²) in [7, 11) is 4.17. The monoisotopic (exact) mass is 274 g/mol. The Morgan fingerprint density at radius 1 is 1.40 bits per heavy atom. The molecule has 2 aromatic heterocycles. The summed E-state index contributed by atoms with van der Waals surface area (Å²) in [6.45, 7) is 2.71. The van der Waals surface area contributed by atoms with Crippen LogP contribution in [0.4, 0.5) is 0 Å². The lowest BCUT2D eigenvalue weighted by Crippen LogP contribution is -2.22. The molecule has 1 aliphatic heterocycles. The Kier molecular flexibility index (Phi) is 3.98. The van der Waals surface area contributed by atoms with Crippen molar-refractivity contribution in [1.82, 2.24) is 19.4 Å². The van der Waals surface area contributed by atoms with Crippen LogP contribution in [0.2, 0.25) is 0 Å². The molecule has 0 radical (unpaired) electrons. The molecule has 0 amide bonds. The number of nitrogens with zero attached hydrogens (tertiary/aromatic N) is 4. The lowest BCUT2D eigenvalue weighted by molar-refractivity contribution is 0.00747. The van der Waals surface area contributed by atoms with Crippen LogP contribution < -0.4 is 0 Å². The van der Waals surface area contributed by atoms with Crippen molar-refractivity contribution in [3.63, 3.8) is 0 Å². The van der Waals surface area contributed by atoms with E-state index in [0.717, 1.165) is 49.5 Å². The van der Waals surface area contributed by atoms with E-state index in [9.17, 15) is 0 Å². The quantitative estimate of drug-likeness (QED) is 0.857. The van der Waals surface area contributed by atoms with E-state index in [1.54, 1.807) is 0 Å². The van der Waals surface area contributed by atoms with Gasteiger partial charge in [0, 0.05) is 25.9 Å². The number of likely N-dealkylation sites (N-methyl/N-ethyl adjacent to an activating group) is 1. The Morgan fingerprint density at radius 3 is 3.05 bits per heavy atom. The summed E-state index contributed by atoms with van der Waals surface area (Å²) in [5.74, 6) is 1.04. The molecule has 1 fully saturated rings. The van der Waals surface area contributed by atoms with E-state index in [1.165, 1.54) is 6.42 Å². The molecule has 3 heterocycles. The third-order valence-electron chi connectivity index (χ3n) is 3.77. The zero-order valence-electron chi connectivity index (χ0n) is 12.2. The van der Waals surface area contributed by atoms with Crippen LogP contribution in [0.25, 0.3) is 11.2 Å². The molecule has 0 aromatic carbocycles. The highest BCUT2D eigenvalue weighted by Gasteiger charge is 2.23. The van der Waals surface area contributed by atoms with Gasteiger partial charge in [0.15, 0.2) is 5.65 Å². The van der Waals surface area contributed by atoms with Crippen molar-refractivity contribution in [3.8, 4) is 0 Å². The van der Waals surface area contributed by atoms with Crippen molar-refractivity contribution in [1.29, 1.82) is 0 Å². The standard InChI is InChI=1S/C15H22N4O/c1-18(2)9-10-19-14-12(6-5-8-16-14)17-15(19)13-7-3-4-11-20-13/h5-6,8,13H,3-4,7,9-11H2,1-2H3. The predicted octanol–water partition coefficient (Wildman–Crippen LogP) is 2.23. The molecule has 1 atom stereocenters. The Labute approximate surface area is 119 Å². The van der Waals surface area contributed by atoms with Crippen molar-refractivity contribution >= 4 is 11.2 Å². The molecule has 20 heavy (non-hydrogen) atoms. The summed E-state index contributed by atoms with van der Waals surface area (Å²) in [4.78, 5) is 11.5. The number of fused-ring (bicyclic) bond motifs is 1. The number of aromatic nitrogens is 3. The zero-order valence-corrected chi connectivity index (χ0v) is 12.2. The number of imidazole rings is 1. The highest BCUT2D eigenvalue weighted by Crippen LogP contribution is 2.29. The van der Waals surface area contributed by atoms with Gasteiger partial charge in [-0.3, -0.25) is 0 Å². The molecule has 1 unspecified atom stereocenters. The maximum Gasteiger partial charge on any atom is 0.160 e. The van der Waals surface area contributed by atoms with E-state index in [4.69, 9.17) is 9.72 Å². The van der Waals surface area contributed by atoms with Gasteiger partial charge in [-0.05, 0) is 45.5 Å². The smallest absolute Gasteiger partial charge is 0.160 e. The maximum atomic E-state index is 5.92. The number of rotatable bonds is 4. The molecule has 0 aliphatic carbocycles. The fourth-order valence-corrected chi connectivity index (χ4v) is 2.69. The Bertz CT molecular complexity index is 572. The third kappa shape index (κ3) is 2.69. The first-order valence-electron chi connectivity index (χ1n) is 7.33. The topological polar surface area (TPSA) is 43.2 Å². The fourth-order valence-electron chi connectivity index (χ4n) is 2.69. The highest BCUT2D eigenvalue weighted by molar-refractivity contribution is 5.71. The minimum Gasteiger partial charge on any atom is -0.370 e. The van der Waals surface area contributed by atoms with Crippen molar-refractivity contribution in [2.45, 2.75) is 31.9 Å². The van der Waals surface area contributed by atoms with Gasteiger partial charge in [-0.2, -0.15) is 0 Å². The van der Waals surface area contributed by atoms with Gasteiger partial charge in [0.2, 0.25) is 0 Å². The molecular formula is C15H22N4O. The largest absolute Gasteiger partial charge is 0.370 e. The van der Waals surface area contributed by atoms with E-state index in [0.29, 0.717) is 0 Å². The number of ether oxygens (including phenoxy) is 1. The highest BCUT2D eigenvalue weighted by atomic mass is 16.5. The van der Waals surface area contributed by atoms with Crippen molar-refractivity contribution in [2.24, 2.45) is 0 Å². The number of hydrogen-bond donors (Lipinski definition) is 0. The Hall–Kier alpha value is -1.46. The summed E-state index contributed by atoms with van der Waals surface area (Å²) < 4.78 is 8.14. The van der Waals surface area contributed by atoms with Gasteiger partial charge in [-0.25, -0.2) is 9.97 Å². The molecule has 2 aromatic rings. The Morgan fingerprint density at radius 2 is 2.30 bits per heavy atom. The first-order valence-corrected chi connectivity index (χ1v) is 7.33. The molecule has 5 nitrogen and oxygen atoms in total. The normalized spacial score (nSPS) is 19.9. The van der Waals surface area contributed by atoms with Gasteiger partial charge in [0.05, 0.1) is 0 Å². The summed E-state index contributed by atoms with van der Waals surface area (Å²) in [6, 6.07) is 3.97. The van der Waals surface area contributed by atoms with E-state index < -0.39 is 0 Å². The zero-order chi connectivity index (χ0) is 13.9. The van der Waals surface area contributed by atoms with E-state index in [2.05, 4.69) is 28.5 Å². The van der Waals surface area contributed by atoms with Crippen molar-refractivity contribution in [2.75, 3.05) is 27.2 Å². The van der Waals surface area contributed by atoms with Crippen LogP contribution in [0.3, 0.4) is 0 Å². The van der Waals surface area contributed by atoms with Gasteiger partial charge < -0.3 is 14.2 Å². The second kappa shape index (κ2) is 5.89. The molecular weight excluding hydrogens is 252 g/mol. The molecule has 3 rings (SSSR count). The van der Waals surface area contributed by atoms with Crippen LogP contribution in [-0.4, -0.2) is 46.7 Å².